The summed E-state index contributed by atoms with van der Waals surface area (Å²) < 4.78 is 21.4. The van der Waals surface area contributed by atoms with E-state index in [0.717, 1.165) is 48.8 Å². The van der Waals surface area contributed by atoms with Crippen LogP contribution in [0, 0.1) is 0 Å². The van der Waals surface area contributed by atoms with Crippen LogP contribution >= 0.6 is 0 Å². The lowest BCUT2D eigenvalue weighted by Crippen LogP contribution is -2.28. The van der Waals surface area contributed by atoms with Crippen molar-refractivity contribution in [3.8, 4) is 23.0 Å². The van der Waals surface area contributed by atoms with Gasteiger partial charge in [-0.2, -0.15) is 0 Å². The van der Waals surface area contributed by atoms with Crippen molar-refractivity contribution in [3.05, 3.63) is 47.5 Å². The van der Waals surface area contributed by atoms with Crippen LogP contribution in [-0.4, -0.2) is 33.6 Å². The van der Waals surface area contributed by atoms with E-state index < -0.39 is 0 Å². The molecule has 0 fully saturated rings. The van der Waals surface area contributed by atoms with Gasteiger partial charge in [-0.1, -0.05) is 12.1 Å². The summed E-state index contributed by atoms with van der Waals surface area (Å²) in [5.74, 6) is 3.24. The average molecular weight is 357 g/mol. The normalized spacial score (nSPS) is 13.5. The van der Waals surface area contributed by atoms with Gasteiger partial charge in [0, 0.05) is 6.04 Å². The molecule has 2 aromatic rings. The molecule has 0 bridgehead atoms. The molecule has 0 spiro atoms. The van der Waals surface area contributed by atoms with Crippen molar-refractivity contribution in [2.75, 3.05) is 27.6 Å². The van der Waals surface area contributed by atoms with Crippen molar-refractivity contribution in [1.29, 1.82) is 0 Å². The van der Waals surface area contributed by atoms with Crippen molar-refractivity contribution >= 4 is 0 Å². The molecule has 1 aliphatic heterocycles. The van der Waals surface area contributed by atoms with Gasteiger partial charge in [-0.15, -0.1) is 0 Å². The number of methoxy groups -OCH3 is 2. The van der Waals surface area contributed by atoms with Gasteiger partial charge < -0.3 is 24.3 Å². The number of ether oxygens (including phenoxy) is 4. The molecule has 0 saturated carbocycles. The number of aryl methyl sites for hydroxylation is 1. The molecule has 0 amide bonds. The summed E-state index contributed by atoms with van der Waals surface area (Å²) >= 11 is 0. The van der Waals surface area contributed by atoms with Crippen molar-refractivity contribution in [3.63, 3.8) is 0 Å². The highest BCUT2D eigenvalue weighted by Gasteiger charge is 2.13. The zero-order valence-corrected chi connectivity index (χ0v) is 15.7. The van der Waals surface area contributed by atoms with Gasteiger partial charge in [0.05, 0.1) is 14.2 Å². The largest absolute Gasteiger partial charge is 0.493 e. The first kappa shape index (κ1) is 18.4. The molecule has 0 saturated heterocycles. The Morgan fingerprint density at radius 2 is 1.65 bits per heavy atom. The second kappa shape index (κ2) is 8.81. The highest BCUT2D eigenvalue weighted by atomic mass is 16.7. The smallest absolute Gasteiger partial charge is 0.231 e. The molecule has 5 nitrogen and oxygen atoms in total. The second-order valence-corrected chi connectivity index (χ2v) is 6.52. The van der Waals surface area contributed by atoms with Gasteiger partial charge in [0.15, 0.2) is 23.0 Å². The molecule has 0 radical (unpaired) electrons. The van der Waals surface area contributed by atoms with Crippen LogP contribution in [0.25, 0.3) is 0 Å². The van der Waals surface area contributed by atoms with Gasteiger partial charge in [0.1, 0.15) is 0 Å². The Balaban J connectivity index is 1.42. The van der Waals surface area contributed by atoms with Crippen LogP contribution < -0.4 is 24.3 Å². The van der Waals surface area contributed by atoms with Crippen LogP contribution in [-0.2, 0) is 12.8 Å². The van der Waals surface area contributed by atoms with Gasteiger partial charge in [-0.25, -0.2) is 0 Å². The fourth-order valence-electron chi connectivity index (χ4n) is 3.08. The summed E-state index contributed by atoms with van der Waals surface area (Å²) in [6.07, 6.45) is 3.04. The lowest BCUT2D eigenvalue weighted by molar-refractivity contribution is 0.174. The molecule has 3 rings (SSSR count). The van der Waals surface area contributed by atoms with Gasteiger partial charge >= 0.3 is 0 Å². The Kier molecular flexibility index (Phi) is 6.23. The third-order valence-electron chi connectivity index (χ3n) is 4.66. The fraction of sp³-hybridized carbons (Fsp3) is 0.429. The van der Waals surface area contributed by atoms with E-state index >= 15 is 0 Å². The molecule has 5 heteroatoms. The van der Waals surface area contributed by atoms with E-state index in [1.54, 1.807) is 14.2 Å². The molecule has 1 unspecified atom stereocenters. The third-order valence-corrected chi connectivity index (χ3v) is 4.66. The predicted molar refractivity (Wildman–Crippen MR) is 102 cm³/mol. The van der Waals surface area contributed by atoms with Crippen LogP contribution in [0.2, 0.25) is 0 Å². The van der Waals surface area contributed by atoms with E-state index in [1.165, 1.54) is 11.1 Å². The number of fused-ring (bicyclic) bond motifs is 1. The van der Waals surface area contributed by atoms with Gasteiger partial charge in [0.25, 0.3) is 0 Å². The van der Waals surface area contributed by atoms with Crippen LogP contribution in [0.4, 0.5) is 0 Å². The first-order chi connectivity index (χ1) is 12.7. The van der Waals surface area contributed by atoms with Crippen LogP contribution in [0.3, 0.4) is 0 Å². The number of hydrogen-bond donors (Lipinski definition) is 1. The first-order valence-corrected chi connectivity index (χ1v) is 9.02. The molecule has 1 heterocycles. The van der Waals surface area contributed by atoms with E-state index in [4.69, 9.17) is 18.9 Å². The summed E-state index contributed by atoms with van der Waals surface area (Å²) in [6.45, 7) is 3.48. The predicted octanol–water partition coefficient (Wildman–Crippen LogP) is 3.59. The summed E-state index contributed by atoms with van der Waals surface area (Å²) in [4.78, 5) is 0. The Labute approximate surface area is 155 Å². The fourth-order valence-corrected chi connectivity index (χ4v) is 3.08. The summed E-state index contributed by atoms with van der Waals surface area (Å²) in [6, 6.07) is 12.7. The van der Waals surface area contributed by atoms with Crippen molar-refractivity contribution in [1.82, 2.24) is 5.32 Å². The Morgan fingerprint density at radius 1 is 0.923 bits per heavy atom. The zero-order chi connectivity index (χ0) is 18.4. The topological polar surface area (TPSA) is 49.0 Å². The van der Waals surface area contributed by atoms with Crippen LogP contribution in [0.15, 0.2) is 36.4 Å². The monoisotopic (exact) mass is 357 g/mol. The minimum Gasteiger partial charge on any atom is -0.493 e. The molecular formula is C21H27NO4. The molecule has 1 atom stereocenters. The highest BCUT2D eigenvalue weighted by Crippen LogP contribution is 2.32. The average Bonchev–Trinajstić information content (AvgIpc) is 3.14. The highest BCUT2D eigenvalue weighted by molar-refractivity contribution is 5.44. The molecule has 0 aromatic heterocycles. The van der Waals surface area contributed by atoms with E-state index in [1.807, 2.05) is 18.2 Å². The minimum absolute atomic E-state index is 0.326. The maximum atomic E-state index is 5.44. The maximum Gasteiger partial charge on any atom is 0.231 e. The molecule has 26 heavy (non-hydrogen) atoms. The first-order valence-electron chi connectivity index (χ1n) is 9.02. The molecule has 1 aliphatic rings. The summed E-state index contributed by atoms with van der Waals surface area (Å²) in [5, 5.41) is 3.59. The standard InChI is InChI=1S/C21H27NO4/c1-15(4-5-16-7-9-19-21(13-16)26-14-25-19)22-11-10-17-6-8-18(23-2)20(12-17)24-3/h6-9,12-13,15,22H,4-5,10-11,14H2,1-3H3. The van der Waals surface area contributed by atoms with Crippen LogP contribution in [0.5, 0.6) is 23.0 Å². The van der Waals surface area contributed by atoms with Crippen molar-refractivity contribution in [2.45, 2.75) is 32.2 Å². The number of hydrogen-bond acceptors (Lipinski definition) is 5. The second-order valence-electron chi connectivity index (χ2n) is 6.52. The number of nitrogens with one attached hydrogen (secondary N) is 1. The Hall–Kier alpha value is -2.40. The number of benzene rings is 2. The van der Waals surface area contributed by atoms with Crippen molar-refractivity contribution in [2.24, 2.45) is 0 Å². The molecule has 2 aromatic carbocycles. The SMILES string of the molecule is COc1ccc(CCNC(C)CCc2ccc3c(c2)OCO3)cc1OC. The molecule has 140 valence electrons. The third kappa shape index (κ3) is 4.61. The van der Waals surface area contributed by atoms with Gasteiger partial charge in [0.2, 0.25) is 6.79 Å². The maximum absolute atomic E-state index is 5.44. The summed E-state index contributed by atoms with van der Waals surface area (Å²) in [7, 11) is 3.32. The van der Waals surface area contributed by atoms with Crippen molar-refractivity contribution < 1.29 is 18.9 Å². The van der Waals surface area contributed by atoms with Crippen LogP contribution in [0.1, 0.15) is 24.5 Å². The minimum atomic E-state index is 0.326. The van der Waals surface area contributed by atoms with Gasteiger partial charge in [-0.3, -0.25) is 0 Å². The van der Waals surface area contributed by atoms with E-state index in [9.17, 15) is 0 Å². The van der Waals surface area contributed by atoms with E-state index in [0.29, 0.717) is 12.8 Å². The quantitative estimate of drug-likeness (QED) is 0.743. The zero-order valence-electron chi connectivity index (χ0n) is 15.7. The van der Waals surface area contributed by atoms with E-state index in [-0.39, 0.29) is 0 Å². The number of rotatable bonds is 9. The Morgan fingerprint density at radius 3 is 2.46 bits per heavy atom. The lowest BCUT2D eigenvalue weighted by atomic mass is 10.1. The Bertz CT molecular complexity index is 732. The lowest BCUT2D eigenvalue weighted by Gasteiger charge is -2.15. The van der Waals surface area contributed by atoms with Gasteiger partial charge in [-0.05, 0) is 68.1 Å². The van der Waals surface area contributed by atoms with E-state index in [2.05, 4.69) is 30.4 Å². The molecule has 1 N–H and O–H groups in total. The summed E-state index contributed by atoms with van der Waals surface area (Å²) in [5.41, 5.74) is 2.51. The molecule has 0 aliphatic carbocycles. The molecular weight excluding hydrogens is 330 g/mol.